The quantitative estimate of drug-likeness (QED) is 0.523. The first-order valence-corrected chi connectivity index (χ1v) is 7.62. The van der Waals surface area contributed by atoms with E-state index in [1.54, 1.807) is 6.07 Å². The molecule has 4 nitrogen and oxygen atoms in total. The highest BCUT2D eigenvalue weighted by molar-refractivity contribution is 5.84. The van der Waals surface area contributed by atoms with E-state index in [0.29, 0.717) is 17.2 Å². The summed E-state index contributed by atoms with van der Waals surface area (Å²) in [6.45, 7) is 1.77. The Morgan fingerprint density at radius 3 is 2.50 bits per heavy atom. The Kier molecular flexibility index (Phi) is 4.66. The Hall–Kier alpha value is -3.01. The molecule has 24 heavy (non-hydrogen) atoms. The monoisotopic (exact) mass is 322 g/mol. The van der Waals surface area contributed by atoms with E-state index in [1.807, 2.05) is 61.5 Å². The Labute approximate surface area is 140 Å². The highest BCUT2D eigenvalue weighted by Gasteiger charge is 2.11. The number of hydrogen-bond acceptors (Lipinski definition) is 4. The molecular formula is C20H18O4. The molecule has 0 spiro atoms. The van der Waals surface area contributed by atoms with E-state index in [-0.39, 0.29) is 6.61 Å². The molecule has 0 heterocycles. The second-order valence-electron chi connectivity index (χ2n) is 5.43. The summed E-state index contributed by atoms with van der Waals surface area (Å²) in [5, 5.41) is 2.18. The van der Waals surface area contributed by atoms with Crippen LogP contribution in [-0.2, 0) is 4.79 Å². The predicted octanol–water partition coefficient (Wildman–Crippen LogP) is 4.14. The highest BCUT2D eigenvalue weighted by Crippen LogP contribution is 2.28. The molecule has 0 aromatic heterocycles. The van der Waals surface area contributed by atoms with Crippen LogP contribution in [0.5, 0.6) is 17.2 Å². The first-order valence-electron chi connectivity index (χ1n) is 7.62. The zero-order valence-electron chi connectivity index (χ0n) is 13.6. The van der Waals surface area contributed by atoms with Crippen molar-refractivity contribution < 1.29 is 19.0 Å². The number of hydrogen-bond donors (Lipinski definition) is 0. The lowest BCUT2D eigenvalue weighted by atomic mass is 10.1. The van der Waals surface area contributed by atoms with Crippen molar-refractivity contribution in [3.63, 3.8) is 0 Å². The molecule has 3 rings (SSSR count). The molecule has 122 valence electrons. The number of fused-ring (bicyclic) bond motifs is 1. The third kappa shape index (κ3) is 3.66. The van der Waals surface area contributed by atoms with E-state index in [9.17, 15) is 4.79 Å². The van der Waals surface area contributed by atoms with Gasteiger partial charge < -0.3 is 14.2 Å². The van der Waals surface area contributed by atoms with Crippen molar-refractivity contribution in [1.29, 1.82) is 0 Å². The van der Waals surface area contributed by atoms with Gasteiger partial charge in [-0.15, -0.1) is 0 Å². The van der Waals surface area contributed by atoms with E-state index < -0.39 is 5.97 Å². The first-order chi connectivity index (χ1) is 11.7. The minimum atomic E-state index is -0.481. The smallest absolute Gasteiger partial charge is 0.349 e. The van der Waals surface area contributed by atoms with Gasteiger partial charge in [-0.3, -0.25) is 0 Å². The molecular weight excluding hydrogens is 304 g/mol. The molecule has 0 amide bonds. The molecule has 0 aliphatic heterocycles. The lowest BCUT2D eigenvalue weighted by Crippen LogP contribution is -2.18. The third-order valence-electron chi connectivity index (χ3n) is 3.62. The zero-order chi connectivity index (χ0) is 16.9. The minimum Gasteiger partial charge on any atom is -0.493 e. The largest absolute Gasteiger partial charge is 0.493 e. The number of aryl methyl sites for hydroxylation is 1. The van der Waals surface area contributed by atoms with Gasteiger partial charge >= 0.3 is 5.97 Å². The van der Waals surface area contributed by atoms with Gasteiger partial charge in [0.25, 0.3) is 0 Å². The molecule has 0 bridgehead atoms. The fourth-order valence-corrected chi connectivity index (χ4v) is 2.41. The summed E-state index contributed by atoms with van der Waals surface area (Å²) in [6.07, 6.45) is 0. The predicted molar refractivity (Wildman–Crippen MR) is 92.8 cm³/mol. The molecule has 0 atom stereocenters. The van der Waals surface area contributed by atoms with Gasteiger partial charge in [0.2, 0.25) is 0 Å². The molecule has 3 aromatic rings. The molecule has 0 aliphatic rings. The Bertz CT molecular complexity index is 870. The van der Waals surface area contributed by atoms with E-state index in [0.717, 1.165) is 16.3 Å². The normalized spacial score (nSPS) is 10.4. The van der Waals surface area contributed by atoms with Crippen LogP contribution in [-0.4, -0.2) is 19.7 Å². The number of methoxy groups -OCH3 is 1. The molecule has 3 aromatic carbocycles. The van der Waals surface area contributed by atoms with E-state index in [4.69, 9.17) is 14.2 Å². The van der Waals surface area contributed by atoms with Crippen molar-refractivity contribution in [3.05, 3.63) is 66.2 Å². The van der Waals surface area contributed by atoms with Gasteiger partial charge in [0, 0.05) is 0 Å². The Morgan fingerprint density at radius 1 is 0.917 bits per heavy atom. The second-order valence-corrected chi connectivity index (χ2v) is 5.43. The summed E-state index contributed by atoms with van der Waals surface area (Å²) in [7, 11) is 1.54. The Morgan fingerprint density at radius 2 is 1.71 bits per heavy atom. The number of esters is 1. The molecule has 0 aliphatic carbocycles. The molecule has 0 saturated carbocycles. The summed E-state index contributed by atoms with van der Waals surface area (Å²) < 4.78 is 16.1. The van der Waals surface area contributed by atoms with Crippen molar-refractivity contribution >= 4 is 16.7 Å². The van der Waals surface area contributed by atoms with Gasteiger partial charge in [-0.2, -0.15) is 0 Å². The average molecular weight is 322 g/mol. The van der Waals surface area contributed by atoms with Crippen molar-refractivity contribution in [3.8, 4) is 17.2 Å². The van der Waals surface area contributed by atoms with Gasteiger partial charge in [-0.25, -0.2) is 4.79 Å². The topological polar surface area (TPSA) is 44.8 Å². The van der Waals surface area contributed by atoms with Crippen LogP contribution in [0.3, 0.4) is 0 Å². The molecule has 0 N–H and O–H groups in total. The van der Waals surface area contributed by atoms with E-state index in [2.05, 4.69) is 0 Å². The average Bonchev–Trinajstić information content (AvgIpc) is 2.61. The maximum absolute atomic E-state index is 12.0. The van der Waals surface area contributed by atoms with Gasteiger partial charge in [0.1, 0.15) is 5.75 Å². The summed E-state index contributed by atoms with van der Waals surface area (Å²) in [5.41, 5.74) is 1.03. The number of ether oxygens (including phenoxy) is 3. The standard InChI is InChI=1S/C20H18O4/c1-14-7-10-18(19(11-14)22-2)24-20(21)13-23-17-9-8-15-5-3-4-6-16(15)12-17/h3-12H,13H2,1-2H3. The van der Waals surface area contributed by atoms with Gasteiger partial charge in [-0.1, -0.05) is 36.4 Å². The van der Waals surface area contributed by atoms with Gasteiger partial charge in [0.05, 0.1) is 7.11 Å². The first kappa shape index (κ1) is 15.9. The van der Waals surface area contributed by atoms with Crippen LogP contribution in [0, 0.1) is 6.92 Å². The number of benzene rings is 3. The van der Waals surface area contributed by atoms with Crippen LogP contribution in [0.15, 0.2) is 60.7 Å². The summed E-state index contributed by atoms with van der Waals surface area (Å²) in [6, 6.07) is 19.0. The highest BCUT2D eigenvalue weighted by atomic mass is 16.6. The lowest BCUT2D eigenvalue weighted by molar-refractivity contribution is -0.136. The van der Waals surface area contributed by atoms with Crippen LogP contribution < -0.4 is 14.2 Å². The third-order valence-corrected chi connectivity index (χ3v) is 3.62. The van der Waals surface area contributed by atoms with Gasteiger partial charge in [0.15, 0.2) is 18.1 Å². The molecule has 0 radical (unpaired) electrons. The van der Waals surface area contributed by atoms with Crippen LogP contribution in [0.1, 0.15) is 5.56 Å². The number of carbonyl (C=O) groups is 1. The van der Waals surface area contributed by atoms with Crippen molar-refractivity contribution in [2.24, 2.45) is 0 Å². The van der Waals surface area contributed by atoms with Crippen molar-refractivity contribution in [1.82, 2.24) is 0 Å². The molecule has 0 saturated heterocycles. The van der Waals surface area contributed by atoms with E-state index >= 15 is 0 Å². The minimum absolute atomic E-state index is 0.171. The fourth-order valence-electron chi connectivity index (χ4n) is 2.41. The van der Waals surface area contributed by atoms with Gasteiger partial charge in [-0.05, 0) is 47.5 Å². The maximum Gasteiger partial charge on any atom is 0.349 e. The van der Waals surface area contributed by atoms with Crippen molar-refractivity contribution in [2.45, 2.75) is 6.92 Å². The van der Waals surface area contributed by atoms with Crippen LogP contribution in [0.4, 0.5) is 0 Å². The molecule has 0 unspecified atom stereocenters. The fraction of sp³-hybridized carbons (Fsp3) is 0.150. The molecule has 0 fully saturated rings. The van der Waals surface area contributed by atoms with E-state index in [1.165, 1.54) is 7.11 Å². The summed E-state index contributed by atoms with van der Waals surface area (Å²) >= 11 is 0. The second kappa shape index (κ2) is 7.04. The molecule has 4 heteroatoms. The summed E-state index contributed by atoms with van der Waals surface area (Å²) in [5.74, 6) is 1.05. The van der Waals surface area contributed by atoms with Crippen LogP contribution in [0.25, 0.3) is 10.8 Å². The maximum atomic E-state index is 12.0. The Balaban J connectivity index is 1.64. The zero-order valence-corrected chi connectivity index (χ0v) is 13.6. The lowest BCUT2D eigenvalue weighted by Gasteiger charge is -2.11. The number of carbonyl (C=O) groups excluding carboxylic acids is 1. The SMILES string of the molecule is COc1cc(C)ccc1OC(=O)COc1ccc2ccccc2c1. The van der Waals surface area contributed by atoms with Crippen LogP contribution >= 0.6 is 0 Å². The number of rotatable bonds is 5. The summed E-state index contributed by atoms with van der Waals surface area (Å²) in [4.78, 5) is 12.0. The van der Waals surface area contributed by atoms with Crippen LogP contribution in [0.2, 0.25) is 0 Å². The van der Waals surface area contributed by atoms with Crippen molar-refractivity contribution in [2.75, 3.05) is 13.7 Å².